The van der Waals surface area contributed by atoms with Gasteiger partial charge in [0.05, 0.1) is 12.2 Å². The topological polar surface area (TPSA) is 29.5 Å². The highest BCUT2D eigenvalue weighted by Crippen LogP contribution is 2.23. The van der Waals surface area contributed by atoms with Gasteiger partial charge in [-0.25, -0.2) is 0 Å². The molecule has 0 atom stereocenters. The van der Waals surface area contributed by atoms with Crippen LogP contribution in [-0.2, 0) is 6.42 Å². The van der Waals surface area contributed by atoms with Gasteiger partial charge in [-0.05, 0) is 49.8 Å². The number of ether oxygens (including phenoxy) is 1. The van der Waals surface area contributed by atoms with Crippen molar-refractivity contribution in [1.82, 2.24) is 0 Å². The fourth-order valence-corrected chi connectivity index (χ4v) is 1.99. The summed E-state index contributed by atoms with van der Waals surface area (Å²) in [5, 5.41) is 10.3. The van der Waals surface area contributed by atoms with Crippen LogP contribution in [0, 0.1) is 0 Å². The third-order valence-corrected chi connectivity index (χ3v) is 3.57. The van der Waals surface area contributed by atoms with Crippen molar-refractivity contribution in [2.24, 2.45) is 0 Å². The summed E-state index contributed by atoms with van der Waals surface area (Å²) in [7, 11) is 0. The first-order valence-corrected chi connectivity index (χ1v) is 7.07. The molecule has 0 saturated heterocycles. The number of hydrogen-bond donors (Lipinski definition) is 1. The molecule has 1 N–H and O–H groups in total. The van der Waals surface area contributed by atoms with Crippen LogP contribution in [0.15, 0.2) is 24.3 Å². The molecule has 102 valence electrons. The van der Waals surface area contributed by atoms with Gasteiger partial charge in [-0.1, -0.05) is 32.9 Å². The predicted molar refractivity (Wildman–Crippen MR) is 76.1 cm³/mol. The smallest absolute Gasteiger partial charge is 0.119 e. The second-order valence-electron chi connectivity index (χ2n) is 4.93. The van der Waals surface area contributed by atoms with E-state index in [9.17, 15) is 5.11 Å². The number of hydrogen-bond acceptors (Lipinski definition) is 2. The largest absolute Gasteiger partial charge is 0.494 e. The Morgan fingerprint density at radius 2 is 1.89 bits per heavy atom. The molecular formula is C16H26O2. The zero-order valence-electron chi connectivity index (χ0n) is 11.9. The van der Waals surface area contributed by atoms with E-state index in [4.69, 9.17) is 4.74 Å². The normalized spacial score (nSPS) is 11.6. The van der Waals surface area contributed by atoms with Crippen molar-refractivity contribution >= 4 is 0 Å². The minimum atomic E-state index is -0.514. The van der Waals surface area contributed by atoms with Crippen molar-refractivity contribution in [2.75, 3.05) is 6.61 Å². The maximum absolute atomic E-state index is 10.3. The summed E-state index contributed by atoms with van der Waals surface area (Å²) in [5.74, 6) is 0.936. The van der Waals surface area contributed by atoms with Gasteiger partial charge in [0.15, 0.2) is 0 Å². The Hall–Kier alpha value is -1.02. The molecule has 1 aromatic rings. The lowest BCUT2D eigenvalue weighted by molar-refractivity contribution is 0.0239. The van der Waals surface area contributed by atoms with Gasteiger partial charge in [-0.2, -0.15) is 0 Å². The highest BCUT2D eigenvalue weighted by Gasteiger charge is 2.21. The van der Waals surface area contributed by atoms with E-state index in [2.05, 4.69) is 19.1 Å². The zero-order chi connectivity index (χ0) is 13.4. The van der Waals surface area contributed by atoms with Crippen molar-refractivity contribution in [3.8, 4) is 5.75 Å². The maximum atomic E-state index is 10.3. The number of rotatable bonds is 8. The average molecular weight is 250 g/mol. The Kier molecular flexibility index (Phi) is 6.20. The van der Waals surface area contributed by atoms with Crippen LogP contribution >= 0.6 is 0 Å². The fraction of sp³-hybridized carbons (Fsp3) is 0.625. The molecule has 0 fully saturated rings. The average Bonchev–Trinajstić information content (AvgIpc) is 2.43. The van der Waals surface area contributed by atoms with Crippen LogP contribution in [0.1, 0.15) is 52.0 Å². The molecule has 0 aromatic heterocycles. The summed E-state index contributed by atoms with van der Waals surface area (Å²) in [6.45, 7) is 6.96. The van der Waals surface area contributed by atoms with Crippen LogP contribution in [0.2, 0.25) is 0 Å². The van der Waals surface area contributed by atoms with Gasteiger partial charge in [0.25, 0.3) is 0 Å². The molecule has 2 nitrogen and oxygen atoms in total. The van der Waals surface area contributed by atoms with Crippen LogP contribution < -0.4 is 4.74 Å². The minimum absolute atomic E-state index is 0.514. The van der Waals surface area contributed by atoms with Gasteiger partial charge in [0.2, 0.25) is 0 Å². The zero-order valence-corrected chi connectivity index (χ0v) is 11.9. The fourth-order valence-electron chi connectivity index (χ4n) is 1.99. The van der Waals surface area contributed by atoms with Crippen LogP contribution in [0.5, 0.6) is 5.75 Å². The Morgan fingerprint density at radius 1 is 1.17 bits per heavy atom. The first-order chi connectivity index (χ1) is 8.63. The highest BCUT2D eigenvalue weighted by atomic mass is 16.5. The van der Waals surface area contributed by atoms with Gasteiger partial charge < -0.3 is 9.84 Å². The highest BCUT2D eigenvalue weighted by molar-refractivity contribution is 5.28. The third-order valence-electron chi connectivity index (χ3n) is 3.57. The molecule has 0 spiro atoms. The van der Waals surface area contributed by atoms with Gasteiger partial charge >= 0.3 is 0 Å². The van der Waals surface area contributed by atoms with E-state index in [-0.39, 0.29) is 0 Å². The monoisotopic (exact) mass is 250 g/mol. The molecule has 1 aromatic carbocycles. The Morgan fingerprint density at radius 3 is 2.50 bits per heavy atom. The molecule has 2 heteroatoms. The Balaban J connectivity index is 2.56. The van der Waals surface area contributed by atoms with Crippen molar-refractivity contribution < 1.29 is 9.84 Å². The molecule has 0 unspecified atom stereocenters. The van der Waals surface area contributed by atoms with Crippen molar-refractivity contribution in [3.05, 3.63) is 29.8 Å². The lowest BCUT2D eigenvalue weighted by Crippen LogP contribution is -2.27. The minimum Gasteiger partial charge on any atom is -0.494 e. The first-order valence-electron chi connectivity index (χ1n) is 7.07. The van der Waals surface area contributed by atoms with Crippen molar-refractivity contribution in [1.29, 1.82) is 0 Å². The van der Waals surface area contributed by atoms with Gasteiger partial charge in [0.1, 0.15) is 5.75 Å². The molecule has 0 saturated carbocycles. The van der Waals surface area contributed by atoms with E-state index in [1.54, 1.807) is 0 Å². The standard InChI is InChI=1S/C16H26O2/c1-4-12-18-15-9-7-8-14(13-15)10-11-16(17,5-2)6-3/h7-9,13,17H,4-6,10-12H2,1-3H3. The summed E-state index contributed by atoms with van der Waals surface area (Å²) in [5.41, 5.74) is 0.726. The Labute approximate surface area is 111 Å². The first kappa shape index (κ1) is 15.0. The van der Waals surface area contributed by atoms with Crippen LogP contribution in [-0.4, -0.2) is 17.3 Å². The SMILES string of the molecule is CCCOc1cccc(CCC(O)(CC)CC)c1. The van der Waals surface area contributed by atoms with Gasteiger partial charge in [-0.15, -0.1) is 0 Å². The molecule has 0 radical (unpaired) electrons. The molecule has 0 aliphatic carbocycles. The molecule has 0 aliphatic heterocycles. The number of benzene rings is 1. The van der Waals surface area contributed by atoms with E-state index in [1.807, 2.05) is 26.0 Å². The Bertz CT molecular complexity index is 343. The summed E-state index contributed by atoms with van der Waals surface area (Å²) < 4.78 is 5.62. The second-order valence-corrected chi connectivity index (χ2v) is 4.93. The molecule has 0 amide bonds. The van der Waals surface area contributed by atoms with E-state index in [1.165, 1.54) is 5.56 Å². The number of aryl methyl sites for hydroxylation is 1. The van der Waals surface area contributed by atoms with E-state index < -0.39 is 5.60 Å². The predicted octanol–water partition coefficient (Wildman–Crippen LogP) is 3.96. The lowest BCUT2D eigenvalue weighted by atomic mass is 9.90. The molecule has 18 heavy (non-hydrogen) atoms. The molecule has 0 heterocycles. The third kappa shape index (κ3) is 4.69. The molecule has 0 aliphatic rings. The summed E-state index contributed by atoms with van der Waals surface area (Å²) >= 11 is 0. The van der Waals surface area contributed by atoms with Gasteiger partial charge in [-0.3, -0.25) is 0 Å². The van der Waals surface area contributed by atoms with E-state index in [0.29, 0.717) is 0 Å². The maximum Gasteiger partial charge on any atom is 0.119 e. The summed E-state index contributed by atoms with van der Waals surface area (Å²) in [6.07, 6.45) is 4.37. The lowest BCUT2D eigenvalue weighted by Gasteiger charge is -2.25. The summed E-state index contributed by atoms with van der Waals surface area (Å²) in [4.78, 5) is 0. The van der Waals surface area contributed by atoms with Crippen LogP contribution in [0.4, 0.5) is 0 Å². The van der Waals surface area contributed by atoms with E-state index in [0.717, 1.165) is 44.5 Å². The molecule has 1 rings (SSSR count). The van der Waals surface area contributed by atoms with Crippen molar-refractivity contribution in [3.63, 3.8) is 0 Å². The van der Waals surface area contributed by atoms with Crippen molar-refractivity contribution in [2.45, 2.75) is 58.5 Å². The molecule has 0 bridgehead atoms. The van der Waals surface area contributed by atoms with Crippen LogP contribution in [0.25, 0.3) is 0 Å². The van der Waals surface area contributed by atoms with E-state index >= 15 is 0 Å². The molecular weight excluding hydrogens is 224 g/mol. The summed E-state index contributed by atoms with van der Waals surface area (Å²) in [6, 6.07) is 8.20. The second kappa shape index (κ2) is 7.42. The van der Waals surface area contributed by atoms with Gasteiger partial charge in [0, 0.05) is 0 Å². The number of aliphatic hydroxyl groups is 1. The van der Waals surface area contributed by atoms with Crippen LogP contribution in [0.3, 0.4) is 0 Å². The quantitative estimate of drug-likeness (QED) is 0.756.